The molecule has 0 aromatic rings. The lowest BCUT2D eigenvalue weighted by Crippen LogP contribution is -2.30. The molecule has 1 unspecified atom stereocenters. The van der Waals surface area contributed by atoms with Crippen molar-refractivity contribution in [2.24, 2.45) is 0 Å². The third-order valence-electron chi connectivity index (χ3n) is 6.63. The molecule has 0 aromatic heterocycles. The van der Waals surface area contributed by atoms with Gasteiger partial charge in [0.2, 0.25) is 0 Å². The summed E-state index contributed by atoms with van der Waals surface area (Å²) in [5.74, 6) is -0.529. The Kier molecular flexibility index (Phi) is 31.3. The summed E-state index contributed by atoms with van der Waals surface area (Å²) >= 11 is 3.43. The van der Waals surface area contributed by atoms with Crippen LogP contribution in [0.4, 0.5) is 0 Å². The highest BCUT2D eigenvalue weighted by atomic mass is 79.9. The Hall–Kier alpha value is -0.700. The predicted molar refractivity (Wildman–Crippen MR) is 161 cm³/mol. The maximum atomic E-state index is 12.4. The number of carbonyl (C=O) groups excluding carboxylic acids is 2. The Morgan fingerprint density at radius 2 is 1.13 bits per heavy atom. The van der Waals surface area contributed by atoms with Crippen molar-refractivity contribution >= 4 is 27.9 Å². The largest absolute Gasteiger partial charge is 0.462 e. The van der Waals surface area contributed by atoms with Gasteiger partial charge in [0.15, 0.2) is 6.10 Å². The van der Waals surface area contributed by atoms with Crippen LogP contribution < -0.4 is 0 Å². The van der Waals surface area contributed by atoms with Gasteiger partial charge in [0.1, 0.15) is 13.4 Å². The predicted octanol–water partition coefficient (Wildman–Crippen LogP) is 8.30. The SMILES string of the molecule is CCCCCCCCCCCCCCCC(=O)OC(COCOCCOC)COC(=O)CCCCCCCBr. The molecule has 0 aromatic carbocycles. The molecule has 0 spiro atoms. The van der Waals surface area contributed by atoms with Crippen LogP contribution in [-0.2, 0) is 33.3 Å². The minimum absolute atomic E-state index is 0.00480. The Bertz CT molecular complexity index is 533. The summed E-state index contributed by atoms with van der Waals surface area (Å²) < 4.78 is 26.7. The number of hydrogen-bond acceptors (Lipinski definition) is 7. The summed E-state index contributed by atoms with van der Waals surface area (Å²) in [5.41, 5.74) is 0. The van der Waals surface area contributed by atoms with E-state index >= 15 is 0 Å². The second kappa shape index (κ2) is 31.8. The minimum Gasteiger partial charge on any atom is -0.462 e. The van der Waals surface area contributed by atoms with Crippen molar-refractivity contribution in [2.45, 2.75) is 141 Å². The highest BCUT2D eigenvalue weighted by Crippen LogP contribution is 2.14. The smallest absolute Gasteiger partial charge is 0.306 e. The fraction of sp³-hybridized carbons (Fsp3) is 0.935. The molecule has 0 radical (unpaired) electrons. The summed E-state index contributed by atoms with van der Waals surface area (Å²) in [6, 6.07) is 0. The number of rotatable bonds is 31. The molecule has 0 saturated carbocycles. The average molecular weight is 624 g/mol. The number of esters is 2. The topological polar surface area (TPSA) is 80.3 Å². The van der Waals surface area contributed by atoms with Crippen molar-refractivity contribution in [3.63, 3.8) is 0 Å². The Balaban J connectivity index is 4.03. The molecule has 0 aliphatic heterocycles. The van der Waals surface area contributed by atoms with E-state index in [1.807, 2.05) is 0 Å². The van der Waals surface area contributed by atoms with Gasteiger partial charge >= 0.3 is 11.9 Å². The molecule has 0 rings (SSSR count). The maximum Gasteiger partial charge on any atom is 0.306 e. The Labute approximate surface area is 247 Å². The molecular weight excluding hydrogens is 564 g/mol. The van der Waals surface area contributed by atoms with Crippen LogP contribution in [0, 0.1) is 0 Å². The van der Waals surface area contributed by atoms with Gasteiger partial charge in [-0.05, 0) is 19.3 Å². The van der Waals surface area contributed by atoms with Crippen LogP contribution >= 0.6 is 15.9 Å². The van der Waals surface area contributed by atoms with E-state index in [0.717, 1.165) is 50.3 Å². The molecule has 1 atom stereocenters. The number of methoxy groups -OCH3 is 1. The second-order valence-corrected chi connectivity index (χ2v) is 11.2. The van der Waals surface area contributed by atoms with Crippen LogP contribution in [0.2, 0.25) is 0 Å². The third kappa shape index (κ3) is 30.1. The van der Waals surface area contributed by atoms with Crippen molar-refractivity contribution in [3.05, 3.63) is 0 Å². The fourth-order valence-electron chi connectivity index (χ4n) is 4.24. The Morgan fingerprint density at radius 1 is 0.615 bits per heavy atom. The van der Waals surface area contributed by atoms with Crippen molar-refractivity contribution < 1.29 is 33.3 Å². The van der Waals surface area contributed by atoms with Crippen LogP contribution in [0.5, 0.6) is 0 Å². The first-order chi connectivity index (χ1) is 19.1. The van der Waals surface area contributed by atoms with E-state index in [4.69, 9.17) is 23.7 Å². The van der Waals surface area contributed by atoms with E-state index in [0.29, 0.717) is 26.1 Å². The van der Waals surface area contributed by atoms with Gasteiger partial charge in [0.25, 0.3) is 0 Å². The van der Waals surface area contributed by atoms with E-state index < -0.39 is 6.10 Å². The molecule has 232 valence electrons. The second-order valence-electron chi connectivity index (χ2n) is 10.4. The van der Waals surface area contributed by atoms with E-state index in [-0.39, 0.29) is 31.9 Å². The molecular formula is C31H59BrO7. The summed E-state index contributed by atoms with van der Waals surface area (Å²) in [4.78, 5) is 24.5. The minimum atomic E-state index is -0.631. The number of ether oxygens (including phenoxy) is 5. The van der Waals surface area contributed by atoms with E-state index in [1.54, 1.807) is 7.11 Å². The number of alkyl halides is 1. The molecule has 8 heteroatoms. The molecule has 0 fully saturated rings. The van der Waals surface area contributed by atoms with E-state index in [9.17, 15) is 9.59 Å². The van der Waals surface area contributed by atoms with Gasteiger partial charge in [-0.3, -0.25) is 9.59 Å². The van der Waals surface area contributed by atoms with Crippen LogP contribution in [0.15, 0.2) is 0 Å². The molecule has 0 N–H and O–H groups in total. The third-order valence-corrected chi connectivity index (χ3v) is 7.19. The zero-order chi connectivity index (χ0) is 28.7. The lowest BCUT2D eigenvalue weighted by molar-refractivity contribution is -0.167. The first-order valence-corrected chi connectivity index (χ1v) is 16.8. The number of unbranched alkanes of at least 4 members (excludes halogenated alkanes) is 16. The van der Waals surface area contributed by atoms with Crippen molar-refractivity contribution in [1.82, 2.24) is 0 Å². The number of halogens is 1. The maximum absolute atomic E-state index is 12.4. The lowest BCUT2D eigenvalue weighted by atomic mass is 10.0. The highest BCUT2D eigenvalue weighted by Gasteiger charge is 2.17. The van der Waals surface area contributed by atoms with Gasteiger partial charge in [-0.15, -0.1) is 0 Å². The first-order valence-electron chi connectivity index (χ1n) is 15.7. The van der Waals surface area contributed by atoms with Gasteiger partial charge in [-0.2, -0.15) is 0 Å². The highest BCUT2D eigenvalue weighted by molar-refractivity contribution is 9.09. The zero-order valence-electron chi connectivity index (χ0n) is 25.2. The van der Waals surface area contributed by atoms with Crippen LogP contribution in [-0.4, -0.2) is 63.7 Å². The fourth-order valence-corrected chi connectivity index (χ4v) is 4.64. The zero-order valence-corrected chi connectivity index (χ0v) is 26.8. The molecule has 0 aliphatic rings. The molecule has 39 heavy (non-hydrogen) atoms. The molecule has 0 heterocycles. The van der Waals surface area contributed by atoms with Crippen LogP contribution in [0.25, 0.3) is 0 Å². The molecule has 0 aliphatic carbocycles. The van der Waals surface area contributed by atoms with Gasteiger partial charge in [-0.25, -0.2) is 0 Å². The number of carbonyl (C=O) groups is 2. The standard InChI is InChI=1S/C31H59BrO7/c1-3-4-5-6-7-8-9-10-11-12-13-15-19-22-31(34)39-29(26-37-28-36-25-24-35-2)27-38-30(33)21-18-16-14-17-20-23-32/h29H,3-28H2,1-2H3. The number of hydrogen-bond donors (Lipinski definition) is 0. The quantitative estimate of drug-likeness (QED) is 0.0333. The molecule has 0 saturated heterocycles. The molecule has 7 nitrogen and oxygen atoms in total. The molecule has 0 amide bonds. The van der Waals surface area contributed by atoms with E-state index in [1.165, 1.54) is 70.6 Å². The first kappa shape index (κ1) is 38.3. The monoisotopic (exact) mass is 622 g/mol. The Morgan fingerprint density at radius 3 is 1.67 bits per heavy atom. The summed E-state index contributed by atoms with van der Waals surface area (Å²) in [6.45, 7) is 3.36. The lowest BCUT2D eigenvalue weighted by Gasteiger charge is -2.18. The van der Waals surface area contributed by atoms with Crippen molar-refractivity contribution in [3.8, 4) is 0 Å². The van der Waals surface area contributed by atoms with Crippen molar-refractivity contribution in [2.75, 3.05) is 45.7 Å². The van der Waals surface area contributed by atoms with Gasteiger partial charge in [-0.1, -0.05) is 119 Å². The summed E-state index contributed by atoms with van der Waals surface area (Å²) in [6.07, 6.45) is 21.8. The van der Waals surface area contributed by atoms with Gasteiger partial charge < -0.3 is 23.7 Å². The van der Waals surface area contributed by atoms with E-state index in [2.05, 4.69) is 22.9 Å². The van der Waals surface area contributed by atoms with Gasteiger partial charge in [0.05, 0.1) is 19.8 Å². The van der Waals surface area contributed by atoms with Crippen molar-refractivity contribution in [1.29, 1.82) is 0 Å². The van der Waals surface area contributed by atoms with Gasteiger partial charge in [0, 0.05) is 25.3 Å². The van der Waals surface area contributed by atoms with Crippen LogP contribution in [0.3, 0.4) is 0 Å². The average Bonchev–Trinajstić information content (AvgIpc) is 2.93. The summed E-state index contributed by atoms with van der Waals surface area (Å²) in [7, 11) is 1.61. The van der Waals surface area contributed by atoms with Crippen LogP contribution in [0.1, 0.15) is 135 Å². The summed E-state index contributed by atoms with van der Waals surface area (Å²) in [5, 5.41) is 1.02. The molecule has 0 bridgehead atoms. The normalized spacial score (nSPS) is 12.0.